The lowest BCUT2D eigenvalue weighted by Gasteiger charge is -2.03. The minimum Gasteiger partial charge on any atom is -0.330 e. The van der Waals surface area contributed by atoms with E-state index in [9.17, 15) is 4.79 Å². The van der Waals surface area contributed by atoms with Crippen LogP contribution in [0.3, 0.4) is 0 Å². The zero-order valence-corrected chi connectivity index (χ0v) is 11.9. The summed E-state index contributed by atoms with van der Waals surface area (Å²) in [5, 5.41) is 3.46. The van der Waals surface area contributed by atoms with Crippen molar-refractivity contribution in [2.24, 2.45) is 5.73 Å². The zero-order chi connectivity index (χ0) is 13.8. The molecular formula is C14H17N3OS. The highest BCUT2D eigenvalue weighted by Crippen LogP contribution is 2.21. The first-order valence-corrected chi connectivity index (χ1v) is 6.96. The second-order valence-electron chi connectivity index (χ2n) is 4.35. The fourth-order valence-electron chi connectivity index (χ4n) is 1.68. The Kier molecular flexibility index (Phi) is 4.29. The third kappa shape index (κ3) is 3.39. The molecule has 1 aromatic heterocycles. The Balaban J connectivity index is 2.07. The maximum atomic E-state index is 12.0. The molecule has 1 heterocycles. The van der Waals surface area contributed by atoms with E-state index in [1.54, 1.807) is 0 Å². The molecule has 0 aliphatic heterocycles. The van der Waals surface area contributed by atoms with E-state index in [0.717, 1.165) is 22.6 Å². The summed E-state index contributed by atoms with van der Waals surface area (Å²) in [4.78, 5) is 17.4. The van der Waals surface area contributed by atoms with Crippen LogP contribution >= 0.6 is 11.3 Å². The molecule has 3 N–H and O–H groups in total. The van der Waals surface area contributed by atoms with Crippen molar-refractivity contribution in [1.82, 2.24) is 4.98 Å². The number of benzene rings is 1. The highest BCUT2D eigenvalue weighted by Gasteiger charge is 2.09. The van der Waals surface area contributed by atoms with Gasteiger partial charge in [-0.2, -0.15) is 0 Å². The number of hydrogen-bond acceptors (Lipinski definition) is 4. The fraction of sp³-hybridized carbons (Fsp3) is 0.286. The molecule has 2 rings (SSSR count). The Hall–Kier alpha value is -1.72. The van der Waals surface area contributed by atoms with Crippen molar-refractivity contribution in [3.63, 3.8) is 0 Å². The average molecular weight is 275 g/mol. The first kappa shape index (κ1) is 13.7. The number of anilines is 1. The summed E-state index contributed by atoms with van der Waals surface area (Å²) in [7, 11) is 0. The normalized spacial score (nSPS) is 10.5. The van der Waals surface area contributed by atoms with Crippen LogP contribution in [0.1, 0.15) is 26.5 Å². The van der Waals surface area contributed by atoms with E-state index in [4.69, 9.17) is 5.73 Å². The maximum absolute atomic E-state index is 12.0. The van der Waals surface area contributed by atoms with Crippen molar-refractivity contribution in [3.05, 3.63) is 46.0 Å². The van der Waals surface area contributed by atoms with Crippen LogP contribution in [0.5, 0.6) is 0 Å². The number of nitrogens with zero attached hydrogens (tertiary/aromatic N) is 1. The number of nitrogens with one attached hydrogen (secondary N) is 1. The number of aryl methyl sites for hydroxylation is 2. The number of aromatic nitrogens is 1. The van der Waals surface area contributed by atoms with Gasteiger partial charge in [0.25, 0.3) is 5.91 Å². The molecule has 0 saturated heterocycles. The molecule has 100 valence electrons. The van der Waals surface area contributed by atoms with Gasteiger partial charge in [0.2, 0.25) is 0 Å². The lowest BCUT2D eigenvalue weighted by molar-refractivity contribution is 0.102. The average Bonchev–Trinajstić information content (AvgIpc) is 2.69. The molecule has 0 aliphatic rings. The second-order valence-corrected chi connectivity index (χ2v) is 5.55. The Labute approximate surface area is 116 Å². The highest BCUT2D eigenvalue weighted by molar-refractivity contribution is 7.15. The summed E-state index contributed by atoms with van der Waals surface area (Å²) in [5.41, 5.74) is 8.22. The van der Waals surface area contributed by atoms with Gasteiger partial charge in [-0.3, -0.25) is 10.1 Å². The van der Waals surface area contributed by atoms with Gasteiger partial charge in [0.15, 0.2) is 5.13 Å². The number of hydrogen-bond donors (Lipinski definition) is 2. The summed E-state index contributed by atoms with van der Waals surface area (Å²) in [6.07, 6.45) is 0.826. The van der Waals surface area contributed by atoms with Crippen LogP contribution in [-0.2, 0) is 6.42 Å². The quantitative estimate of drug-likeness (QED) is 0.901. The van der Waals surface area contributed by atoms with Gasteiger partial charge in [-0.15, -0.1) is 11.3 Å². The van der Waals surface area contributed by atoms with E-state index < -0.39 is 0 Å². The van der Waals surface area contributed by atoms with E-state index in [2.05, 4.69) is 10.3 Å². The molecule has 0 radical (unpaired) electrons. The second kappa shape index (κ2) is 5.95. The standard InChI is InChI=1S/C14H17N3OS/c1-9-10(2)19-14(16-9)17-13(18)12-5-3-11(4-6-12)7-8-15/h3-6H,7-8,15H2,1-2H3,(H,16,17,18). The molecule has 1 aromatic carbocycles. The summed E-state index contributed by atoms with van der Waals surface area (Å²) in [5.74, 6) is -0.131. The minimum atomic E-state index is -0.131. The summed E-state index contributed by atoms with van der Waals surface area (Å²) >= 11 is 1.49. The summed E-state index contributed by atoms with van der Waals surface area (Å²) in [6.45, 7) is 4.54. The SMILES string of the molecule is Cc1nc(NC(=O)c2ccc(CCN)cc2)sc1C. The monoisotopic (exact) mass is 275 g/mol. The summed E-state index contributed by atoms with van der Waals surface area (Å²) < 4.78 is 0. The molecule has 0 atom stereocenters. The van der Waals surface area contributed by atoms with Crippen molar-refractivity contribution in [1.29, 1.82) is 0 Å². The van der Waals surface area contributed by atoms with Gasteiger partial charge in [0, 0.05) is 10.4 Å². The first-order valence-electron chi connectivity index (χ1n) is 6.14. The van der Waals surface area contributed by atoms with Crippen molar-refractivity contribution in [3.8, 4) is 0 Å². The van der Waals surface area contributed by atoms with Gasteiger partial charge in [-0.05, 0) is 44.5 Å². The van der Waals surface area contributed by atoms with Crippen LogP contribution in [0.25, 0.3) is 0 Å². The molecule has 0 unspecified atom stereocenters. The largest absolute Gasteiger partial charge is 0.330 e. The van der Waals surface area contributed by atoms with Crippen molar-refractivity contribution < 1.29 is 4.79 Å². The molecule has 19 heavy (non-hydrogen) atoms. The number of rotatable bonds is 4. The van der Waals surface area contributed by atoms with Crippen LogP contribution in [0, 0.1) is 13.8 Å². The van der Waals surface area contributed by atoms with Crippen molar-refractivity contribution in [2.75, 3.05) is 11.9 Å². The third-order valence-electron chi connectivity index (χ3n) is 2.90. The van der Waals surface area contributed by atoms with Gasteiger partial charge in [-0.1, -0.05) is 12.1 Å². The van der Waals surface area contributed by atoms with Crippen LogP contribution in [0.4, 0.5) is 5.13 Å². The smallest absolute Gasteiger partial charge is 0.257 e. The Bertz CT molecular complexity index is 555. The van der Waals surface area contributed by atoms with Gasteiger partial charge in [0.05, 0.1) is 5.69 Å². The van der Waals surface area contributed by atoms with Gasteiger partial charge in [0.1, 0.15) is 0 Å². The number of carbonyl (C=O) groups excluding carboxylic acids is 1. The van der Waals surface area contributed by atoms with E-state index in [0.29, 0.717) is 17.2 Å². The van der Waals surface area contributed by atoms with E-state index in [-0.39, 0.29) is 5.91 Å². The highest BCUT2D eigenvalue weighted by atomic mass is 32.1. The Morgan fingerprint density at radius 3 is 2.53 bits per heavy atom. The van der Waals surface area contributed by atoms with Crippen LogP contribution in [-0.4, -0.2) is 17.4 Å². The molecule has 0 spiro atoms. The molecule has 1 amide bonds. The van der Waals surface area contributed by atoms with Crippen molar-refractivity contribution >= 4 is 22.4 Å². The lowest BCUT2D eigenvalue weighted by atomic mass is 10.1. The van der Waals surface area contributed by atoms with E-state index >= 15 is 0 Å². The van der Waals surface area contributed by atoms with Crippen molar-refractivity contribution in [2.45, 2.75) is 20.3 Å². The molecule has 0 aliphatic carbocycles. The molecule has 5 heteroatoms. The van der Waals surface area contributed by atoms with Crippen LogP contribution in [0.2, 0.25) is 0 Å². The number of carbonyl (C=O) groups is 1. The number of nitrogens with two attached hydrogens (primary N) is 1. The van der Waals surface area contributed by atoms with Crippen LogP contribution in [0.15, 0.2) is 24.3 Å². The predicted molar refractivity (Wildman–Crippen MR) is 78.7 cm³/mol. The minimum absolute atomic E-state index is 0.131. The Morgan fingerprint density at radius 1 is 1.32 bits per heavy atom. The maximum Gasteiger partial charge on any atom is 0.257 e. The van der Waals surface area contributed by atoms with Gasteiger partial charge >= 0.3 is 0 Å². The van der Waals surface area contributed by atoms with Gasteiger partial charge < -0.3 is 5.73 Å². The number of thiazole rings is 1. The Morgan fingerprint density at radius 2 is 2.00 bits per heavy atom. The fourth-order valence-corrected chi connectivity index (χ4v) is 2.49. The molecule has 4 nitrogen and oxygen atoms in total. The lowest BCUT2D eigenvalue weighted by Crippen LogP contribution is -2.12. The van der Waals surface area contributed by atoms with E-state index in [1.807, 2.05) is 38.1 Å². The molecular weight excluding hydrogens is 258 g/mol. The summed E-state index contributed by atoms with van der Waals surface area (Å²) in [6, 6.07) is 7.49. The molecule has 0 fully saturated rings. The predicted octanol–water partition coefficient (Wildman–Crippen LogP) is 2.51. The van der Waals surface area contributed by atoms with Gasteiger partial charge in [-0.25, -0.2) is 4.98 Å². The first-order chi connectivity index (χ1) is 9.10. The third-order valence-corrected chi connectivity index (χ3v) is 3.89. The molecule has 0 saturated carbocycles. The number of amides is 1. The topological polar surface area (TPSA) is 68.0 Å². The van der Waals surface area contributed by atoms with E-state index in [1.165, 1.54) is 11.3 Å². The van der Waals surface area contributed by atoms with Crippen LogP contribution < -0.4 is 11.1 Å². The zero-order valence-electron chi connectivity index (χ0n) is 11.1. The molecule has 0 bridgehead atoms. The molecule has 2 aromatic rings.